The third-order valence-electron chi connectivity index (χ3n) is 4.41. The highest BCUT2D eigenvalue weighted by Gasteiger charge is 2.39. The highest BCUT2D eigenvalue weighted by atomic mass is 16.5. The van der Waals surface area contributed by atoms with Crippen molar-refractivity contribution in [3.63, 3.8) is 0 Å². The summed E-state index contributed by atoms with van der Waals surface area (Å²) in [6.07, 6.45) is 3.33. The highest BCUT2D eigenvalue weighted by molar-refractivity contribution is 5.79. The fourth-order valence-electron chi connectivity index (χ4n) is 3.33. The number of nitrogens with one attached hydrogen (secondary N) is 3. The van der Waals surface area contributed by atoms with E-state index in [9.17, 15) is 4.79 Å². The third-order valence-corrected chi connectivity index (χ3v) is 4.41. The van der Waals surface area contributed by atoms with E-state index in [1.165, 1.54) is 6.42 Å². The van der Waals surface area contributed by atoms with Crippen LogP contribution in [0.25, 0.3) is 0 Å². The zero-order valence-electron chi connectivity index (χ0n) is 12.2. The quantitative estimate of drug-likeness (QED) is 0.710. The molecule has 3 atom stereocenters. The fourth-order valence-corrected chi connectivity index (χ4v) is 3.33. The van der Waals surface area contributed by atoms with Crippen LogP contribution in [0.5, 0.6) is 5.75 Å². The van der Waals surface area contributed by atoms with Crippen molar-refractivity contribution < 1.29 is 9.53 Å². The topological polar surface area (TPSA) is 62.4 Å². The second-order valence-electron chi connectivity index (χ2n) is 5.80. The largest absolute Gasteiger partial charge is 0.492 e. The molecule has 1 aromatic rings. The van der Waals surface area contributed by atoms with Gasteiger partial charge >= 0.3 is 0 Å². The number of ether oxygens (including phenoxy) is 1. The standard InChI is InChI=1S/C16H23N3O2/c20-16(14-8-4-5-12-11-18-19-15(12)14)17-9-10-21-13-6-2-1-3-7-13/h1-3,6-7,12,14-15,18-19H,4-5,8-11H2,(H,17,20). The number of amides is 1. The lowest BCUT2D eigenvalue weighted by Crippen LogP contribution is -2.48. The van der Waals surface area contributed by atoms with Crippen molar-refractivity contribution in [1.29, 1.82) is 0 Å². The Kier molecular flexibility index (Phi) is 4.72. The molecule has 0 spiro atoms. The van der Waals surface area contributed by atoms with Crippen molar-refractivity contribution in [3.8, 4) is 5.75 Å². The van der Waals surface area contributed by atoms with E-state index in [4.69, 9.17) is 4.74 Å². The zero-order valence-corrected chi connectivity index (χ0v) is 12.2. The Morgan fingerprint density at radius 1 is 1.29 bits per heavy atom. The van der Waals surface area contributed by atoms with E-state index in [0.717, 1.165) is 25.1 Å². The SMILES string of the molecule is O=C(NCCOc1ccccc1)C1CCCC2CNNC21. The molecule has 5 nitrogen and oxygen atoms in total. The van der Waals surface area contributed by atoms with Crippen LogP contribution in [0.15, 0.2) is 30.3 Å². The molecule has 2 fully saturated rings. The lowest BCUT2D eigenvalue weighted by atomic mass is 9.77. The van der Waals surface area contributed by atoms with E-state index < -0.39 is 0 Å². The molecule has 21 heavy (non-hydrogen) atoms. The summed E-state index contributed by atoms with van der Waals surface area (Å²) in [6.45, 7) is 2.03. The number of hydrogen-bond donors (Lipinski definition) is 3. The molecule has 3 unspecified atom stereocenters. The monoisotopic (exact) mass is 289 g/mol. The number of carbonyl (C=O) groups excluding carboxylic acids is 1. The molecule has 1 aromatic carbocycles. The first kappa shape index (κ1) is 14.4. The van der Waals surface area contributed by atoms with Crippen LogP contribution in [0.4, 0.5) is 0 Å². The summed E-state index contributed by atoms with van der Waals surface area (Å²) in [6, 6.07) is 9.96. The van der Waals surface area contributed by atoms with Crippen LogP contribution < -0.4 is 20.9 Å². The molecule has 5 heteroatoms. The molecule has 1 amide bonds. The number of rotatable bonds is 5. The lowest BCUT2D eigenvalue weighted by molar-refractivity contribution is -0.127. The van der Waals surface area contributed by atoms with Gasteiger partial charge < -0.3 is 10.1 Å². The van der Waals surface area contributed by atoms with Gasteiger partial charge in [0.05, 0.1) is 12.5 Å². The minimum absolute atomic E-state index is 0.0791. The minimum atomic E-state index is 0.0791. The first-order chi connectivity index (χ1) is 10.3. The molecule has 114 valence electrons. The average molecular weight is 289 g/mol. The third kappa shape index (κ3) is 3.54. The van der Waals surface area contributed by atoms with Crippen LogP contribution in [-0.2, 0) is 4.79 Å². The first-order valence-corrected chi connectivity index (χ1v) is 7.78. The maximum Gasteiger partial charge on any atom is 0.224 e. The van der Waals surface area contributed by atoms with Crippen LogP contribution in [-0.4, -0.2) is 31.6 Å². The number of hydrogen-bond acceptors (Lipinski definition) is 4. The number of benzene rings is 1. The van der Waals surface area contributed by atoms with Crippen molar-refractivity contribution in [1.82, 2.24) is 16.2 Å². The van der Waals surface area contributed by atoms with Crippen molar-refractivity contribution in [3.05, 3.63) is 30.3 Å². The smallest absolute Gasteiger partial charge is 0.224 e. The van der Waals surface area contributed by atoms with Gasteiger partial charge in [-0.15, -0.1) is 0 Å². The Morgan fingerprint density at radius 2 is 2.14 bits per heavy atom. The molecular formula is C16H23N3O2. The van der Waals surface area contributed by atoms with Gasteiger partial charge in [-0.2, -0.15) is 0 Å². The summed E-state index contributed by atoms with van der Waals surface area (Å²) in [5.74, 6) is 1.66. The van der Waals surface area contributed by atoms with E-state index in [1.54, 1.807) is 0 Å². The number of fused-ring (bicyclic) bond motifs is 1. The summed E-state index contributed by atoms with van der Waals surface area (Å²) in [7, 11) is 0. The van der Waals surface area contributed by atoms with Crippen LogP contribution in [0, 0.1) is 11.8 Å². The van der Waals surface area contributed by atoms with Gasteiger partial charge in [0, 0.05) is 12.6 Å². The van der Waals surface area contributed by atoms with Gasteiger partial charge in [0.2, 0.25) is 5.91 Å². The van der Waals surface area contributed by atoms with Crippen LogP contribution in [0.3, 0.4) is 0 Å². The van der Waals surface area contributed by atoms with Gasteiger partial charge in [-0.25, -0.2) is 0 Å². The normalized spacial score (nSPS) is 27.9. The Bertz CT molecular complexity index is 466. The molecule has 0 radical (unpaired) electrons. The van der Waals surface area contributed by atoms with Crippen LogP contribution in [0.1, 0.15) is 19.3 Å². The van der Waals surface area contributed by atoms with Crippen LogP contribution >= 0.6 is 0 Å². The van der Waals surface area contributed by atoms with Gasteiger partial charge in [-0.1, -0.05) is 24.6 Å². The molecular weight excluding hydrogens is 266 g/mol. The molecule has 1 aliphatic carbocycles. The summed E-state index contributed by atoms with van der Waals surface area (Å²) in [5.41, 5.74) is 6.45. The molecule has 3 rings (SSSR count). The van der Waals surface area contributed by atoms with Crippen molar-refractivity contribution in [2.45, 2.75) is 25.3 Å². The second kappa shape index (κ2) is 6.91. The summed E-state index contributed by atoms with van der Waals surface area (Å²) in [5, 5.41) is 3.00. The molecule has 2 aliphatic rings. The van der Waals surface area contributed by atoms with E-state index in [0.29, 0.717) is 19.1 Å². The Hall–Kier alpha value is -1.59. The maximum absolute atomic E-state index is 12.3. The average Bonchev–Trinajstić information content (AvgIpc) is 3.01. The van der Waals surface area contributed by atoms with Gasteiger partial charge in [0.25, 0.3) is 0 Å². The van der Waals surface area contributed by atoms with E-state index in [2.05, 4.69) is 16.2 Å². The predicted molar refractivity (Wildman–Crippen MR) is 80.7 cm³/mol. The summed E-state index contributed by atoms with van der Waals surface area (Å²) >= 11 is 0. The van der Waals surface area contributed by atoms with Gasteiger partial charge in [-0.3, -0.25) is 15.6 Å². The second-order valence-corrected chi connectivity index (χ2v) is 5.80. The molecule has 1 saturated heterocycles. The molecule has 3 N–H and O–H groups in total. The molecule has 1 saturated carbocycles. The Balaban J connectivity index is 1.41. The Labute approximate surface area is 125 Å². The molecule has 0 bridgehead atoms. The Morgan fingerprint density at radius 3 is 3.00 bits per heavy atom. The summed E-state index contributed by atoms with van der Waals surface area (Å²) < 4.78 is 5.59. The minimum Gasteiger partial charge on any atom is -0.492 e. The van der Waals surface area contributed by atoms with Crippen molar-refractivity contribution in [2.24, 2.45) is 11.8 Å². The fraction of sp³-hybridized carbons (Fsp3) is 0.562. The van der Waals surface area contributed by atoms with Gasteiger partial charge in [0.15, 0.2) is 0 Å². The molecule has 1 heterocycles. The van der Waals surface area contributed by atoms with Gasteiger partial charge in [-0.05, 0) is 30.9 Å². The van der Waals surface area contributed by atoms with Gasteiger partial charge in [0.1, 0.15) is 12.4 Å². The summed E-state index contributed by atoms with van der Waals surface area (Å²) in [4.78, 5) is 12.3. The predicted octanol–water partition coefficient (Wildman–Crippen LogP) is 1.07. The zero-order chi connectivity index (χ0) is 14.5. The first-order valence-electron chi connectivity index (χ1n) is 7.78. The number of para-hydroxylation sites is 1. The molecule has 1 aliphatic heterocycles. The van der Waals surface area contributed by atoms with E-state index in [-0.39, 0.29) is 17.9 Å². The highest BCUT2D eigenvalue weighted by Crippen LogP contribution is 2.31. The maximum atomic E-state index is 12.3. The van der Waals surface area contributed by atoms with E-state index in [1.807, 2.05) is 30.3 Å². The number of carbonyl (C=O) groups is 1. The lowest BCUT2D eigenvalue weighted by Gasteiger charge is -2.31. The van der Waals surface area contributed by atoms with Crippen molar-refractivity contribution in [2.75, 3.05) is 19.7 Å². The van der Waals surface area contributed by atoms with Crippen molar-refractivity contribution >= 4 is 5.91 Å². The van der Waals surface area contributed by atoms with Crippen LogP contribution in [0.2, 0.25) is 0 Å². The van der Waals surface area contributed by atoms with E-state index >= 15 is 0 Å². The molecule has 0 aromatic heterocycles. The number of hydrazine groups is 1.